The van der Waals surface area contributed by atoms with Crippen molar-refractivity contribution in [1.82, 2.24) is 4.90 Å². The first kappa shape index (κ1) is 18.5. The summed E-state index contributed by atoms with van der Waals surface area (Å²) in [5, 5.41) is 0. The van der Waals surface area contributed by atoms with Gasteiger partial charge in [-0.15, -0.1) is 0 Å². The van der Waals surface area contributed by atoms with Crippen LogP contribution in [0.4, 0.5) is 4.79 Å². The Hall–Kier alpha value is -2.28. The predicted molar refractivity (Wildman–Crippen MR) is 111 cm³/mol. The van der Waals surface area contributed by atoms with Crippen molar-refractivity contribution in [2.45, 2.75) is 26.4 Å². The Balaban J connectivity index is 2.11. The fourth-order valence-corrected chi connectivity index (χ4v) is 3.25. The lowest BCUT2D eigenvalue weighted by atomic mass is 10.1. The van der Waals surface area contributed by atoms with Gasteiger partial charge in [0, 0.05) is 33.7 Å². The molecule has 26 heavy (non-hydrogen) atoms. The summed E-state index contributed by atoms with van der Waals surface area (Å²) in [5.41, 5.74) is 2.45. The number of carbonyl (C=O) groups excluding carboxylic acids is 1. The van der Waals surface area contributed by atoms with E-state index in [1.807, 2.05) is 81.4 Å². The topological polar surface area (TPSA) is 38.8 Å². The summed E-state index contributed by atoms with van der Waals surface area (Å²) in [5.74, 6) is 0. The van der Waals surface area contributed by atoms with Gasteiger partial charge in [-0.2, -0.15) is 0 Å². The normalized spacial score (nSPS) is 14.6. The molecule has 4 nitrogen and oxygen atoms in total. The van der Waals surface area contributed by atoms with Gasteiger partial charge in [0.25, 0.3) is 0 Å². The van der Waals surface area contributed by atoms with E-state index in [0.29, 0.717) is 15.2 Å². The lowest BCUT2D eigenvalue weighted by Gasteiger charge is -2.33. The first-order valence-electron chi connectivity index (χ1n) is 8.27. The van der Waals surface area contributed by atoms with Crippen LogP contribution in [0.25, 0.3) is 11.4 Å². The zero-order valence-corrected chi connectivity index (χ0v) is 17.1. The highest BCUT2D eigenvalue weighted by Crippen LogP contribution is 2.39. The van der Waals surface area contributed by atoms with Crippen molar-refractivity contribution in [3.63, 3.8) is 0 Å². The number of hydrogen-bond acceptors (Lipinski definition) is 3. The number of nitrogens with zero attached hydrogens (tertiary/aromatic N) is 1. The van der Waals surface area contributed by atoms with Crippen LogP contribution in [0.15, 0.2) is 70.7 Å². The van der Waals surface area contributed by atoms with Crippen LogP contribution < -0.4 is 0 Å². The molecular formula is C21H20INO3. The number of amides is 1. The Morgan fingerprint density at radius 3 is 2.04 bits per heavy atom. The van der Waals surface area contributed by atoms with E-state index in [0.717, 1.165) is 11.1 Å². The summed E-state index contributed by atoms with van der Waals surface area (Å²) in [6.45, 7) is 5.57. The zero-order valence-electron chi connectivity index (χ0n) is 14.9. The molecule has 0 saturated heterocycles. The van der Waals surface area contributed by atoms with E-state index in [-0.39, 0.29) is 0 Å². The SMILES string of the molecule is CC(C)(C)OC(=O)N1C(c2ccccc2)=COC(I)=C1c1ccccc1. The molecule has 0 aromatic heterocycles. The maximum atomic E-state index is 13.1. The van der Waals surface area contributed by atoms with Gasteiger partial charge in [0.15, 0.2) is 3.77 Å². The highest BCUT2D eigenvalue weighted by molar-refractivity contribution is 14.1. The minimum atomic E-state index is -0.607. The molecule has 0 spiro atoms. The van der Waals surface area contributed by atoms with E-state index in [4.69, 9.17) is 9.47 Å². The van der Waals surface area contributed by atoms with Crippen LogP contribution in [0, 0.1) is 0 Å². The van der Waals surface area contributed by atoms with Gasteiger partial charge in [-0.25, -0.2) is 9.69 Å². The monoisotopic (exact) mass is 461 g/mol. The second-order valence-corrected chi connectivity index (χ2v) is 7.77. The molecule has 0 N–H and O–H groups in total. The van der Waals surface area contributed by atoms with E-state index in [1.165, 1.54) is 0 Å². The maximum Gasteiger partial charge on any atom is 0.419 e. The van der Waals surface area contributed by atoms with Crippen molar-refractivity contribution >= 4 is 40.1 Å². The van der Waals surface area contributed by atoms with Crippen LogP contribution in [-0.2, 0) is 9.47 Å². The van der Waals surface area contributed by atoms with Gasteiger partial charge < -0.3 is 9.47 Å². The van der Waals surface area contributed by atoms with Crippen molar-refractivity contribution < 1.29 is 14.3 Å². The molecule has 2 aromatic rings. The molecule has 0 aliphatic carbocycles. The van der Waals surface area contributed by atoms with Gasteiger partial charge in [0.05, 0.1) is 5.70 Å². The Kier molecular flexibility index (Phi) is 5.36. The third-order valence-corrected chi connectivity index (χ3v) is 4.38. The second kappa shape index (κ2) is 7.53. The number of hydrogen-bond donors (Lipinski definition) is 0. The van der Waals surface area contributed by atoms with Gasteiger partial charge >= 0.3 is 6.09 Å². The van der Waals surface area contributed by atoms with Crippen molar-refractivity contribution in [3.05, 3.63) is 81.8 Å². The van der Waals surface area contributed by atoms with Gasteiger partial charge in [0.2, 0.25) is 0 Å². The van der Waals surface area contributed by atoms with E-state index >= 15 is 0 Å². The lowest BCUT2D eigenvalue weighted by Crippen LogP contribution is -2.36. The molecule has 0 bridgehead atoms. The van der Waals surface area contributed by atoms with E-state index in [2.05, 4.69) is 22.6 Å². The number of ether oxygens (including phenoxy) is 2. The molecule has 0 unspecified atom stereocenters. The fraction of sp³-hybridized carbons (Fsp3) is 0.190. The molecule has 0 radical (unpaired) electrons. The van der Waals surface area contributed by atoms with Gasteiger partial charge in [-0.3, -0.25) is 0 Å². The summed E-state index contributed by atoms with van der Waals surface area (Å²) in [6, 6.07) is 19.4. The fourth-order valence-electron chi connectivity index (χ4n) is 2.57. The molecule has 0 atom stereocenters. The van der Waals surface area contributed by atoms with E-state index in [1.54, 1.807) is 11.2 Å². The molecule has 5 heteroatoms. The quantitative estimate of drug-likeness (QED) is 0.514. The molecular weight excluding hydrogens is 441 g/mol. The van der Waals surface area contributed by atoms with Crippen molar-refractivity contribution in [2.75, 3.05) is 0 Å². The third kappa shape index (κ3) is 4.09. The van der Waals surface area contributed by atoms with Crippen LogP contribution >= 0.6 is 22.6 Å². The average Bonchev–Trinajstić information content (AvgIpc) is 2.61. The number of halogens is 1. The molecule has 0 fully saturated rings. The molecule has 3 rings (SSSR count). The first-order valence-corrected chi connectivity index (χ1v) is 9.35. The lowest BCUT2D eigenvalue weighted by molar-refractivity contribution is 0.0418. The average molecular weight is 461 g/mol. The van der Waals surface area contributed by atoms with Crippen LogP contribution in [0.1, 0.15) is 31.9 Å². The largest absolute Gasteiger partial charge is 0.454 e. The summed E-state index contributed by atoms with van der Waals surface area (Å²) in [6.07, 6.45) is 1.15. The highest BCUT2D eigenvalue weighted by Gasteiger charge is 2.34. The summed E-state index contributed by atoms with van der Waals surface area (Å²) >= 11 is 2.10. The number of carbonyl (C=O) groups is 1. The molecule has 1 heterocycles. The molecule has 1 amide bonds. The van der Waals surface area contributed by atoms with Crippen molar-refractivity contribution in [3.8, 4) is 0 Å². The predicted octanol–water partition coefficient (Wildman–Crippen LogP) is 6.01. The maximum absolute atomic E-state index is 13.1. The Morgan fingerprint density at radius 1 is 0.962 bits per heavy atom. The summed E-state index contributed by atoms with van der Waals surface area (Å²) in [4.78, 5) is 14.7. The van der Waals surface area contributed by atoms with Crippen LogP contribution in [-0.4, -0.2) is 16.6 Å². The molecule has 134 valence electrons. The second-order valence-electron chi connectivity index (χ2n) is 6.79. The molecule has 2 aromatic carbocycles. The molecule has 1 aliphatic rings. The highest BCUT2D eigenvalue weighted by atomic mass is 127. The zero-order chi connectivity index (χ0) is 18.7. The Bertz CT molecular complexity index is 852. The van der Waals surface area contributed by atoms with Gasteiger partial charge in [-0.05, 0) is 20.8 Å². The summed E-state index contributed by atoms with van der Waals surface area (Å²) in [7, 11) is 0. The smallest absolute Gasteiger partial charge is 0.419 e. The number of rotatable bonds is 2. The minimum Gasteiger partial charge on any atom is -0.454 e. The van der Waals surface area contributed by atoms with Crippen LogP contribution in [0.5, 0.6) is 0 Å². The summed E-state index contributed by atoms with van der Waals surface area (Å²) < 4.78 is 12.1. The molecule has 0 saturated carbocycles. The minimum absolute atomic E-state index is 0.441. The van der Waals surface area contributed by atoms with Crippen LogP contribution in [0.3, 0.4) is 0 Å². The van der Waals surface area contributed by atoms with Crippen molar-refractivity contribution in [1.29, 1.82) is 0 Å². The third-order valence-electron chi connectivity index (χ3n) is 3.62. The van der Waals surface area contributed by atoms with Crippen LogP contribution in [0.2, 0.25) is 0 Å². The number of benzene rings is 2. The first-order chi connectivity index (χ1) is 12.4. The standard InChI is InChI=1S/C21H20INO3/c1-21(2,3)26-20(24)23-17(15-10-6-4-7-11-15)14-25-19(22)18(23)16-12-8-5-9-13-16/h4-14H,1-3H3. The Labute approximate surface area is 167 Å². The van der Waals surface area contributed by atoms with Gasteiger partial charge in [-0.1, -0.05) is 60.7 Å². The van der Waals surface area contributed by atoms with E-state index < -0.39 is 11.7 Å². The molecule has 1 aliphatic heterocycles. The van der Waals surface area contributed by atoms with Crippen molar-refractivity contribution in [2.24, 2.45) is 0 Å². The van der Waals surface area contributed by atoms with E-state index in [9.17, 15) is 4.79 Å². The van der Waals surface area contributed by atoms with Gasteiger partial charge in [0.1, 0.15) is 17.6 Å². The Morgan fingerprint density at radius 2 is 1.50 bits per heavy atom.